The Balaban J connectivity index is 1.83. The lowest BCUT2D eigenvalue weighted by molar-refractivity contribution is 0.100. The second-order valence-electron chi connectivity index (χ2n) is 7.67. The van der Waals surface area contributed by atoms with E-state index in [0.717, 1.165) is 6.07 Å². The van der Waals surface area contributed by atoms with Crippen LogP contribution in [-0.2, 0) is 6.54 Å². The van der Waals surface area contributed by atoms with Crippen LogP contribution in [0, 0.1) is 17.7 Å². The number of fused-ring (bicyclic) bond motifs is 3. The Kier molecular flexibility index (Phi) is 5.31. The molecule has 33 heavy (non-hydrogen) atoms. The van der Waals surface area contributed by atoms with E-state index < -0.39 is 17.5 Å². The van der Waals surface area contributed by atoms with E-state index in [1.54, 1.807) is 36.4 Å². The number of primary amides is 1. The number of amides is 1. The summed E-state index contributed by atoms with van der Waals surface area (Å²) in [5.74, 6) is -1.92. The summed E-state index contributed by atoms with van der Waals surface area (Å²) in [7, 11) is 0. The minimum absolute atomic E-state index is 0.157. The molecule has 5 rings (SSSR count). The van der Waals surface area contributed by atoms with Gasteiger partial charge in [0.25, 0.3) is 0 Å². The van der Waals surface area contributed by atoms with Gasteiger partial charge in [-0.05, 0) is 65.7 Å². The summed E-state index contributed by atoms with van der Waals surface area (Å²) in [5, 5.41) is 2.22. The highest BCUT2D eigenvalue weighted by molar-refractivity contribution is 6.39. The molecular formula is C26H15Cl2F2N2O. The lowest BCUT2D eigenvalue weighted by Gasteiger charge is -2.11. The van der Waals surface area contributed by atoms with Crippen molar-refractivity contribution in [2.24, 2.45) is 5.73 Å². The van der Waals surface area contributed by atoms with Gasteiger partial charge in [0.15, 0.2) is 0 Å². The first-order valence-corrected chi connectivity index (χ1v) is 10.7. The second kappa shape index (κ2) is 8.18. The van der Waals surface area contributed by atoms with E-state index in [-0.39, 0.29) is 6.54 Å². The van der Waals surface area contributed by atoms with Crippen molar-refractivity contribution in [2.75, 3.05) is 0 Å². The third kappa shape index (κ3) is 3.73. The van der Waals surface area contributed by atoms with Crippen LogP contribution in [0.3, 0.4) is 0 Å². The normalized spacial score (nSPS) is 11.4. The predicted octanol–water partition coefficient (Wildman–Crippen LogP) is 6.99. The standard InChI is InChI=1S/C26H15Cl2F2N2O/c27-20-4-2-5-21(28)24(20)15-7-8-18-23(11-15)32(13-14-9-16(29)12-17(30)10-14)22-6-1-3-19(25(18)22)26(31)33/h1-7,9-12H,13H2,(H2,31,33). The van der Waals surface area contributed by atoms with Crippen molar-refractivity contribution in [1.82, 2.24) is 4.57 Å². The first-order valence-electron chi connectivity index (χ1n) is 9.99. The molecule has 0 aliphatic carbocycles. The molecule has 2 N–H and O–H groups in total. The maximum absolute atomic E-state index is 13.9. The van der Waals surface area contributed by atoms with Gasteiger partial charge in [-0.15, -0.1) is 0 Å². The van der Waals surface area contributed by atoms with Crippen LogP contribution in [0.25, 0.3) is 32.9 Å². The number of aromatic nitrogens is 1. The number of rotatable bonds is 4. The third-order valence-electron chi connectivity index (χ3n) is 5.57. The summed E-state index contributed by atoms with van der Waals surface area (Å²) >= 11 is 12.8. The largest absolute Gasteiger partial charge is 0.366 e. The van der Waals surface area contributed by atoms with Crippen molar-refractivity contribution in [3.05, 3.63) is 106 Å². The van der Waals surface area contributed by atoms with Crippen molar-refractivity contribution in [3.63, 3.8) is 0 Å². The Morgan fingerprint density at radius 3 is 2.27 bits per heavy atom. The van der Waals surface area contributed by atoms with Crippen LogP contribution in [0.4, 0.5) is 8.78 Å². The van der Waals surface area contributed by atoms with Crippen LogP contribution in [0.2, 0.25) is 10.0 Å². The quantitative estimate of drug-likeness (QED) is 0.296. The summed E-state index contributed by atoms with van der Waals surface area (Å²) in [5.41, 5.74) is 9.13. The van der Waals surface area contributed by atoms with Gasteiger partial charge in [-0.3, -0.25) is 4.79 Å². The van der Waals surface area contributed by atoms with Crippen molar-refractivity contribution in [1.29, 1.82) is 0 Å². The van der Waals surface area contributed by atoms with Gasteiger partial charge in [-0.25, -0.2) is 8.78 Å². The number of nitrogens with two attached hydrogens (primary N) is 1. The van der Waals surface area contributed by atoms with Gasteiger partial charge in [0, 0.05) is 44.6 Å². The van der Waals surface area contributed by atoms with E-state index in [1.807, 2.05) is 16.7 Å². The van der Waals surface area contributed by atoms with Crippen LogP contribution >= 0.6 is 23.2 Å². The second-order valence-corrected chi connectivity index (χ2v) is 8.49. The highest BCUT2D eigenvalue weighted by atomic mass is 35.5. The van der Waals surface area contributed by atoms with Gasteiger partial charge >= 0.3 is 0 Å². The number of nitrogens with zero attached hydrogens (tertiary/aromatic N) is 1. The van der Waals surface area contributed by atoms with E-state index in [0.29, 0.717) is 54.1 Å². The van der Waals surface area contributed by atoms with Crippen molar-refractivity contribution >= 4 is 50.9 Å². The fourth-order valence-corrected chi connectivity index (χ4v) is 4.85. The minimum atomic E-state index is -0.668. The zero-order valence-electron chi connectivity index (χ0n) is 17.0. The van der Waals surface area contributed by atoms with E-state index in [1.165, 1.54) is 12.1 Å². The number of halogens is 4. The van der Waals surface area contributed by atoms with Gasteiger partial charge in [-0.2, -0.15) is 0 Å². The molecular weight excluding hydrogens is 465 g/mol. The molecule has 0 bridgehead atoms. The minimum Gasteiger partial charge on any atom is -0.366 e. The van der Waals surface area contributed by atoms with Crippen LogP contribution in [0.5, 0.6) is 0 Å². The molecule has 1 heterocycles. The first kappa shape index (κ1) is 21.4. The smallest absolute Gasteiger partial charge is 0.249 e. The predicted molar refractivity (Wildman–Crippen MR) is 128 cm³/mol. The Morgan fingerprint density at radius 1 is 0.939 bits per heavy atom. The third-order valence-corrected chi connectivity index (χ3v) is 6.20. The lowest BCUT2D eigenvalue weighted by atomic mass is 10.0. The summed E-state index contributed by atoms with van der Waals surface area (Å²) < 4.78 is 29.6. The van der Waals surface area contributed by atoms with Gasteiger partial charge in [0.05, 0.1) is 11.0 Å². The molecule has 0 atom stereocenters. The molecule has 0 aliphatic rings. The monoisotopic (exact) mass is 479 g/mol. The zero-order valence-corrected chi connectivity index (χ0v) is 18.5. The molecule has 1 aromatic heterocycles. The fraction of sp³-hybridized carbons (Fsp3) is 0.0385. The lowest BCUT2D eigenvalue weighted by Crippen LogP contribution is -2.11. The molecule has 0 unspecified atom stereocenters. The molecule has 0 saturated heterocycles. The van der Waals surface area contributed by atoms with Crippen LogP contribution in [0.15, 0.2) is 66.7 Å². The van der Waals surface area contributed by atoms with Crippen LogP contribution in [0.1, 0.15) is 15.9 Å². The average molecular weight is 480 g/mol. The van der Waals surface area contributed by atoms with Crippen LogP contribution in [-0.4, -0.2) is 10.5 Å². The summed E-state index contributed by atoms with van der Waals surface area (Å²) in [6.45, 7) is 0.157. The Labute approximate surface area is 197 Å². The van der Waals surface area contributed by atoms with E-state index in [9.17, 15) is 13.6 Å². The Hall–Kier alpha value is -3.41. The van der Waals surface area contributed by atoms with Gasteiger partial charge < -0.3 is 10.3 Å². The summed E-state index contributed by atoms with van der Waals surface area (Å²) in [4.78, 5) is 12.2. The van der Waals surface area contributed by atoms with Gasteiger partial charge in [0.2, 0.25) is 5.91 Å². The highest BCUT2D eigenvalue weighted by Gasteiger charge is 2.19. The molecule has 0 saturated carbocycles. The molecule has 5 aromatic rings. The highest BCUT2D eigenvalue weighted by Crippen LogP contribution is 2.39. The molecule has 3 nitrogen and oxygen atoms in total. The Morgan fingerprint density at radius 2 is 1.61 bits per heavy atom. The maximum Gasteiger partial charge on any atom is 0.249 e. The van der Waals surface area contributed by atoms with Gasteiger partial charge in [-0.1, -0.05) is 35.3 Å². The first-order chi connectivity index (χ1) is 15.8. The summed E-state index contributed by atoms with van der Waals surface area (Å²) in [6, 6.07) is 20.7. The van der Waals surface area contributed by atoms with Crippen molar-refractivity contribution < 1.29 is 13.6 Å². The molecule has 4 aromatic carbocycles. The number of hydrogen-bond donors (Lipinski definition) is 1. The van der Waals surface area contributed by atoms with Crippen molar-refractivity contribution in [2.45, 2.75) is 6.54 Å². The fourth-order valence-electron chi connectivity index (χ4n) is 4.23. The number of carbonyl (C=O) groups is 1. The molecule has 1 amide bonds. The molecule has 1 radical (unpaired) electrons. The van der Waals surface area contributed by atoms with E-state index in [4.69, 9.17) is 28.9 Å². The molecule has 0 spiro atoms. The maximum atomic E-state index is 13.9. The SMILES string of the molecule is NC(=O)c1cccc2c1c1[c]cc(-c3c(Cl)cccc3Cl)cc1n2Cc1cc(F)cc(F)c1. The molecule has 0 fully saturated rings. The molecule has 7 heteroatoms. The van der Waals surface area contributed by atoms with E-state index >= 15 is 0 Å². The van der Waals surface area contributed by atoms with Crippen LogP contribution < -0.4 is 5.73 Å². The van der Waals surface area contributed by atoms with Gasteiger partial charge in [0.1, 0.15) is 11.6 Å². The number of hydrogen-bond acceptors (Lipinski definition) is 1. The summed E-state index contributed by atoms with van der Waals surface area (Å²) in [6.07, 6.45) is 0. The van der Waals surface area contributed by atoms with E-state index in [2.05, 4.69) is 6.07 Å². The Bertz CT molecular complexity index is 1540. The zero-order chi connectivity index (χ0) is 23.3. The number of benzene rings is 4. The topological polar surface area (TPSA) is 48.0 Å². The van der Waals surface area contributed by atoms with Crippen molar-refractivity contribution in [3.8, 4) is 11.1 Å². The number of carbonyl (C=O) groups excluding carboxylic acids is 1. The average Bonchev–Trinajstić information content (AvgIpc) is 3.06. The molecule has 163 valence electrons. The molecule has 0 aliphatic heterocycles.